The molecule has 3 heteroatoms. The van der Waals surface area contributed by atoms with E-state index in [1.165, 1.54) is 0 Å². The van der Waals surface area contributed by atoms with E-state index in [1.54, 1.807) is 0 Å². The lowest BCUT2D eigenvalue weighted by atomic mass is 10.2. The van der Waals surface area contributed by atoms with Crippen molar-refractivity contribution in [2.75, 3.05) is 6.54 Å². The SMILES string of the molecule is F[C@@H]1NC[C@@H]1F. The van der Waals surface area contributed by atoms with Crippen molar-refractivity contribution in [2.45, 2.75) is 12.5 Å². The van der Waals surface area contributed by atoms with Gasteiger partial charge in [-0.15, -0.1) is 0 Å². The molecule has 0 aliphatic carbocycles. The van der Waals surface area contributed by atoms with Gasteiger partial charge in [-0.2, -0.15) is 0 Å². The Balaban J connectivity index is 2.20. The first kappa shape index (κ1) is 3.99. The van der Waals surface area contributed by atoms with E-state index in [9.17, 15) is 8.78 Å². The second-order valence-electron chi connectivity index (χ2n) is 1.33. The van der Waals surface area contributed by atoms with Crippen LogP contribution in [0.15, 0.2) is 0 Å². The highest BCUT2D eigenvalue weighted by molar-refractivity contribution is 4.78. The number of rotatable bonds is 0. The van der Waals surface area contributed by atoms with Crippen LogP contribution < -0.4 is 5.32 Å². The second kappa shape index (κ2) is 1.15. The van der Waals surface area contributed by atoms with Gasteiger partial charge in [-0.1, -0.05) is 0 Å². The van der Waals surface area contributed by atoms with Crippen LogP contribution in [-0.2, 0) is 0 Å². The zero-order valence-electron chi connectivity index (χ0n) is 3.12. The molecular formula is C3H5F2N. The highest BCUT2D eigenvalue weighted by Crippen LogP contribution is 2.07. The third-order valence-electron chi connectivity index (χ3n) is 0.825. The van der Waals surface area contributed by atoms with E-state index in [2.05, 4.69) is 5.32 Å². The van der Waals surface area contributed by atoms with Crippen LogP contribution in [0.2, 0.25) is 0 Å². The lowest BCUT2D eigenvalue weighted by Crippen LogP contribution is -2.51. The second-order valence-corrected chi connectivity index (χ2v) is 1.33. The average Bonchev–Trinajstić information content (AvgIpc) is 1.61. The molecule has 1 fully saturated rings. The lowest BCUT2D eigenvalue weighted by Gasteiger charge is -2.23. The van der Waals surface area contributed by atoms with E-state index in [0.717, 1.165) is 0 Å². The summed E-state index contributed by atoms with van der Waals surface area (Å²) in [5, 5.41) is 2.22. The maximum Gasteiger partial charge on any atom is 0.183 e. The van der Waals surface area contributed by atoms with Gasteiger partial charge in [0.15, 0.2) is 12.5 Å². The van der Waals surface area contributed by atoms with Gasteiger partial charge in [0.05, 0.1) is 0 Å². The fraction of sp³-hybridized carbons (Fsp3) is 1.00. The van der Waals surface area contributed by atoms with Crippen LogP contribution in [0.4, 0.5) is 8.78 Å². The highest BCUT2D eigenvalue weighted by atomic mass is 19.2. The first-order chi connectivity index (χ1) is 2.80. The molecule has 0 aromatic carbocycles. The molecule has 0 bridgehead atoms. The fourth-order valence-corrected chi connectivity index (χ4v) is 0.296. The maximum absolute atomic E-state index is 11.5. The van der Waals surface area contributed by atoms with E-state index in [4.69, 9.17) is 0 Å². The van der Waals surface area contributed by atoms with Gasteiger partial charge < -0.3 is 0 Å². The van der Waals surface area contributed by atoms with E-state index < -0.39 is 12.5 Å². The quantitative estimate of drug-likeness (QED) is 0.422. The van der Waals surface area contributed by atoms with Gasteiger partial charge >= 0.3 is 0 Å². The molecule has 1 aliphatic heterocycles. The van der Waals surface area contributed by atoms with Crippen molar-refractivity contribution in [3.8, 4) is 0 Å². The number of alkyl halides is 2. The van der Waals surface area contributed by atoms with Gasteiger partial charge in [-0.25, -0.2) is 8.78 Å². The van der Waals surface area contributed by atoms with Crippen molar-refractivity contribution < 1.29 is 8.78 Å². The molecule has 36 valence electrons. The van der Waals surface area contributed by atoms with Gasteiger partial charge in [-0.05, 0) is 0 Å². The van der Waals surface area contributed by atoms with Crippen molar-refractivity contribution in [3.05, 3.63) is 0 Å². The molecule has 0 radical (unpaired) electrons. The molecule has 0 unspecified atom stereocenters. The molecule has 0 aromatic heterocycles. The number of nitrogens with one attached hydrogen (secondary N) is 1. The van der Waals surface area contributed by atoms with Crippen LogP contribution in [0.1, 0.15) is 0 Å². The molecule has 0 saturated carbocycles. The molecule has 1 N–H and O–H groups in total. The van der Waals surface area contributed by atoms with Crippen LogP contribution in [-0.4, -0.2) is 19.0 Å². The van der Waals surface area contributed by atoms with Gasteiger partial charge in [0.2, 0.25) is 0 Å². The Hall–Kier alpha value is -0.180. The molecule has 0 aromatic rings. The topological polar surface area (TPSA) is 12.0 Å². The Morgan fingerprint density at radius 2 is 2.00 bits per heavy atom. The van der Waals surface area contributed by atoms with Crippen molar-refractivity contribution >= 4 is 0 Å². The fourth-order valence-electron chi connectivity index (χ4n) is 0.296. The minimum Gasteiger partial charge on any atom is -0.282 e. The van der Waals surface area contributed by atoms with Crippen LogP contribution >= 0.6 is 0 Å². The smallest absolute Gasteiger partial charge is 0.183 e. The van der Waals surface area contributed by atoms with Crippen molar-refractivity contribution in [1.82, 2.24) is 5.32 Å². The third kappa shape index (κ3) is 0.391. The third-order valence-corrected chi connectivity index (χ3v) is 0.825. The van der Waals surface area contributed by atoms with Crippen LogP contribution in [0.5, 0.6) is 0 Å². The van der Waals surface area contributed by atoms with Gasteiger partial charge in [0.25, 0.3) is 0 Å². The van der Waals surface area contributed by atoms with Crippen LogP contribution in [0.3, 0.4) is 0 Å². The van der Waals surface area contributed by atoms with E-state index in [0.29, 0.717) is 0 Å². The molecule has 2 atom stereocenters. The Kier molecular flexibility index (Phi) is 0.765. The van der Waals surface area contributed by atoms with Crippen molar-refractivity contribution in [1.29, 1.82) is 0 Å². The summed E-state index contributed by atoms with van der Waals surface area (Å²) < 4.78 is 22.9. The molecule has 0 spiro atoms. The van der Waals surface area contributed by atoms with Gasteiger partial charge in [0, 0.05) is 6.54 Å². The minimum absolute atomic E-state index is 0.182. The van der Waals surface area contributed by atoms with Crippen LogP contribution in [0, 0.1) is 0 Å². The Morgan fingerprint density at radius 1 is 1.50 bits per heavy atom. The van der Waals surface area contributed by atoms with E-state index in [1.807, 2.05) is 0 Å². The minimum atomic E-state index is -1.38. The predicted molar refractivity (Wildman–Crippen MR) is 17.8 cm³/mol. The largest absolute Gasteiger partial charge is 0.282 e. The zero-order chi connectivity index (χ0) is 4.57. The molecule has 1 nitrogen and oxygen atoms in total. The van der Waals surface area contributed by atoms with E-state index >= 15 is 0 Å². The first-order valence-corrected chi connectivity index (χ1v) is 1.82. The molecule has 1 heterocycles. The van der Waals surface area contributed by atoms with Gasteiger partial charge in [0.1, 0.15) is 0 Å². The Labute approximate surface area is 34.3 Å². The lowest BCUT2D eigenvalue weighted by molar-refractivity contribution is 0.0568. The molecule has 0 amide bonds. The normalized spacial score (nSPS) is 45.0. The standard InChI is InChI=1S/C3H5F2N/c4-2-1-6-3(2)5/h2-3,6H,1H2/t2-,3+/m0/s1. The van der Waals surface area contributed by atoms with Crippen molar-refractivity contribution in [3.63, 3.8) is 0 Å². The number of halogens is 2. The monoisotopic (exact) mass is 93.0 g/mol. The summed E-state index contributed by atoms with van der Waals surface area (Å²) in [7, 11) is 0. The average molecular weight is 93.1 g/mol. The Bertz CT molecular complexity index is 48.8. The summed E-state index contributed by atoms with van der Waals surface area (Å²) in [5.74, 6) is 0. The van der Waals surface area contributed by atoms with Crippen LogP contribution in [0.25, 0.3) is 0 Å². The maximum atomic E-state index is 11.5. The van der Waals surface area contributed by atoms with Gasteiger partial charge in [-0.3, -0.25) is 5.32 Å². The summed E-state index contributed by atoms with van der Waals surface area (Å²) in [6.07, 6.45) is -2.63. The molecule has 1 rings (SSSR count). The summed E-state index contributed by atoms with van der Waals surface area (Å²) in [5.41, 5.74) is 0. The summed E-state index contributed by atoms with van der Waals surface area (Å²) >= 11 is 0. The summed E-state index contributed by atoms with van der Waals surface area (Å²) in [6.45, 7) is 0.182. The summed E-state index contributed by atoms with van der Waals surface area (Å²) in [4.78, 5) is 0. The predicted octanol–water partition coefficient (Wildman–Crippen LogP) is 0.223. The first-order valence-electron chi connectivity index (χ1n) is 1.82. The molecule has 6 heavy (non-hydrogen) atoms. The van der Waals surface area contributed by atoms with Crippen molar-refractivity contribution in [2.24, 2.45) is 0 Å². The summed E-state index contributed by atoms with van der Waals surface area (Å²) in [6, 6.07) is 0. The zero-order valence-corrected chi connectivity index (χ0v) is 3.12. The molecular weight excluding hydrogens is 88.0 g/mol. The van der Waals surface area contributed by atoms with E-state index in [-0.39, 0.29) is 6.54 Å². The molecule has 1 saturated heterocycles. The molecule has 1 aliphatic rings. The highest BCUT2D eigenvalue weighted by Gasteiger charge is 2.28. The number of hydrogen-bond donors (Lipinski definition) is 1. The Morgan fingerprint density at radius 3 is 2.00 bits per heavy atom. The number of hydrogen-bond acceptors (Lipinski definition) is 1.